The number of likely N-dealkylation sites (N-methyl/N-ethyl adjacent to an activating group) is 1. The molecule has 2 nitrogen and oxygen atoms in total. The molecule has 3 rings (SSSR count). The highest BCUT2D eigenvalue weighted by Gasteiger charge is 2.12. The first-order valence-corrected chi connectivity index (χ1v) is 8.35. The van der Waals surface area contributed by atoms with Gasteiger partial charge in [-0.25, -0.2) is 0 Å². The van der Waals surface area contributed by atoms with Gasteiger partial charge in [-0.15, -0.1) is 0 Å². The van der Waals surface area contributed by atoms with Gasteiger partial charge >= 0.3 is 0 Å². The van der Waals surface area contributed by atoms with Gasteiger partial charge in [0.2, 0.25) is 0 Å². The molecule has 0 aliphatic rings. The largest absolute Gasteiger partial charge is 0.341 e. The average Bonchev–Trinajstić information content (AvgIpc) is 2.61. The van der Waals surface area contributed by atoms with Crippen molar-refractivity contribution in [1.82, 2.24) is 4.90 Å². The summed E-state index contributed by atoms with van der Waals surface area (Å²) in [5.74, 6) is 0.0818. The van der Waals surface area contributed by atoms with Gasteiger partial charge in [-0.1, -0.05) is 48.5 Å². The number of fused-ring (bicyclic) bond motifs is 1. The van der Waals surface area contributed by atoms with Crippen molar-refractivity contribution in [3.8, 4) is 0 Å². The molecule has 3 aromatic carbocycles. The summed E-state index contributed by atoms with van der Waals surface area (Å²) in [5.41, 5.74) is 4.42. The number of rotatable bonds is 4. The highest BCUT2D eigenvalue weighted by Crippen LogP contribution is 2.19. The average molecular weight is 317 g/mol. The van der Waals surface area contributed by atoms with Gasteiger partial charge in [0, 0.05) is 19.2 Å². The minimum Gasteiger partial charge on any atom is -0.341 e. The molecule has 122 valence electrons. The number of aryl methyl sites for hydroxylation is 2. The molecule has 0 bridgehead atoms. The van der Waals surface area contributed by atoms with Crippen LogP contribution in [0.1, 0.15) is 27.0 Å². The van der Waals surface area contributed by atoms with Crippen LogP contribution >= 0.6 is 0 Å². The second-order valence-corrected chi connectivity index (χ2v) is 6.41. The number of carbonyl (C=O) groups is 1. The lowest BCUT2D eigenvalue weighted by atomic mass is 10.0. The van der Waals surface area contributed by atoms with Crippen LogP contribution in [0.5, 0.6) is 0 Å². The molecule has 2 heteroatoms. The summed E-state index contributed by atoms with van der Waals surface area (Å²) in [7, 11) is 1.88. The zero-order chi connectivity index (χ0) is 17.1. The second-order valence-electron chi connectivity index (χ2n) is 6.41. The molecule has 0 saturated heterocycles. The topological polar surface area (TPSA) is 20.3 Å². The van der Waals surface area contributed by atoms with E-state index in [0.29, 0.717) is 6.54 Å². The highest BCUT2D eigenvalue weighted by atomic mass is 16.2. The van der Waals surface area contributed by atoms with Crippen LogP contribution in [0.4, 0.5) is 0 Å². The maximum Gasteiger partial charge on any atom is 0.253 e. The highest BCUT2D eigenvalue weighted by molar-refractivity contribution is 5.94. The second kappa shape index (κ2) is 6.88. The maximum absolute atomic E-state index is 12.6. The quantitative estimate of drug-likeness (QED) is 0.678. The minimum atomic E-state index is 0.0818. The Balaban J connectivity index is 1.73. The van der Waals surface area contributed by atoms with Gasteiger partial charge in [0.25, 0.3) is 5.91 Å². The zero-order valence-corrected chi connectivity index (χ0v) is 14.5. The van der Waals surface area contributed by atoms with E-state index in [-0.39, 0.29) is 5.91 Å². The summed E-state index contributed by atoms with van der Waals surface area (Å²) in [6.45, 7) is 4.82. The Labute approximate surface area is 143 Å². The third kappa shape index (κ3) is 3.33. The molecule has 0 atom stereocenters. The molecule has 0 saturated carbocycles. The fourth-order valence-electron chi connectivity index (χ4n) is 3.00. The van der Waals surface area contributed by atoms with Crippen LogP contribution in [0.3, 0.4) is 0 Å². The lowest BCUT2D eigenvalue weighted by molar-refractivity contribution is 0.0796. The standard InChI is InChI=1S/C22H23NO/c1-16-11-12-20(15-17(16)2)22(24)23(3)14-13-19-9-6-8-18-7-4-5-10-21(18)19/h4-12,15H,13-14H2,1-3H3. The normalized spacial score (nSPS) is 10.8. The lowest BCUT2D eigenvalue weighted by Gasteiger charge is -2.18. The molecule has 24 heavy (non-hydrogen) atoms. The Morgan fingerprint density at radius 1 is 0.917 bits per heavy atom. The van der Waals surface area contributed by atoms with Gasteiger partial charge in [0.05, 0.1) is 0 Å². The summed E-state index contributed by atoms with van der Waals surface area (Å²) in [6.07, 6.45) is 0.856. The van der Waals surface area contributed by atoms with E-state index < -0.39 is 0 Å². The van der Waals surface area contributed by atoms with Crippen LogP contribution in [-0.4, -0.2) is 24.4 Å². The smallest absolute Gasteiger partial charge is 0.253 e. The molecular weight excluding hydrogens is 294 g/mol. The van der Waals surface area contributed by atoms with Crippen molar-refractivity contribution >= 4 is 16.7 Å². The van der Waals surface area contributed by atoms with E-state index in [0.717, 1.165) is 17.5 Å². The fourth-order valence-corrected chi connectivity index (χ4v) is 3.00. The SMILES string of the molecule is Cc1ccc(C(=O)N(C)CCc2cccc3ccccc23)cc1C. The number of benzene rings is 3. The van der Waals surface area contributed by atoms with Gasteiger partial charge in [-0.2, -0.15) is 0 Å². The van der Waals surface area contributed by atoms with Gasteiger partial charge < -0.3 is 4.90 Å². The summed E-state index contributed by atoms with van der Waals surface area (Å²) >= 11 is 0. The van der Waals surface area contributed by atoms with E-state index in [2.05, 4.69) is 49.4 Å². The van der Waals surface area contributed by atoms with E-state index in [1.807, 2.05) is 37.1 Å². The van der Waals surface area contributed by atoms with Crippen LogP contribution in [-0.2, 0) is 6.42 Å². The number of carbonyl (C=O) groups excluding carboxylic acids is 1. The Hall–Kier alpha value is -2.61. The van der Waals surface area contributed by atoms with E-state index in [4.69, 9.17) is 0 Å². The first-order chi connectivity index (χ1) is 11.6. The number of hydrogen-bond donors (Lipinski definition) is 0. The zero-order valence-electron chi connectivity index (χ0n) is 14.5. The van der Waals surface area contributed by atoms with Crippen LogP contribution in [0.15, 0.2) is 60.7 Å². The van der Waals surface area contributed by atoms with Crippen LogP contribution in [0, 0.1) is 13.8 Å². The van der Waals surface area contributed by atoms with Gasteiger partial charge in [0.1, 0.15) is 0 Å². The Morgan fingerprint density at radius 2 is 1.67 bits per heavy atom. The number of amides is 1. The Kier molecular flexibility index (Phi) is 4.66. The molecule has 3 aromatic rings. The van der Waals surface area contributed by atoms with Crippen molar-refractivity contribution in [3.63, 3.8) is 0 Å². The van der Waals surface area contributed by atoms with Crippen molar-refractivity contribution in [2.45, 2.75) is 20.3 Å². The van der Waals surface area contributed by atoms with Crippen LogP contribution < -0.4 is 0 Å². The molecule has 0 spiro atoms. The molecule has 0 heterocycles. The molecule has 1 amide bonds. The van der Waals surface area contributed by atoms with E-state index >= 15 is 0 Å². The summed E-state index contributed by atoms with van der Waals surface area (Å²) < 4.78 is 0. The Bertz CT molecular complexity index is 877. The third-order valence-corrected chi connectivity index (χ3v) is 4.70. The minimum absolute atomic E-state index is 0.0818. The van der Waals surface area contributed by atoms with E-state index in [9.17, 15) is 4.79 Å². The maximum atomic E-state index is 12.6. The summed E-state index contributed by atoms with van der Waals surface area (Å²) in [6, 6.07) is 20.7. The summed E-state index contributed by atoms with van der Waals surface area (Å²) in [5, 5.41) is 2.52. The predicted octanol–water partition coefficient (Wildman–Crippen LogP) is 4.77. The monoisotopic (exact) mass is 317 g/mol. The van der Waals surface area contributed by atoms with Crippen molar-refractivity contribution in [3.05, 3.63) is 82.9 Å². The molecule has 0 fully saturated rings. The van der Waals surface area contributed by atoms with E-state index in [1.165, 1.54) is 21.9 Å². The third-order valence-electron chi connectivity index (χ3n) is 4.70. The van der Waals surface area contributed by atoms with Crippen molar-refractivity contribution in [2.24, 2.45) is 0 Å². The molecule has 0 unspecified atom stereocenters. The number of hydrogen-bond acceptors (Lipinski definition) is 1. The molecular formula is C22H23NO. The van der Waals surface area contributed by atoms with E-state index in [1.54, 1.807) is 0 Å². The van der Waals surface area contributed by atoms with Gasteiger partial charge in [-0.3, -0.25) is 4.79 Å². The van der Waals surface area contributed by atoms with Gasteiger partial charge in [-0.05, 0) is 59.9 Å². The number of nitrogens with zero attached hydrogens (tertiary/aromatic N) is 1. The van der Waals surface area contributed by atoms with Crippen molar-refractivity contribution in [1.29, 1.82) is 0 Å². The fraction of sp³-hybridized carbons (Fsp3) is 0.227. The molecule has 0 aromatic heterocycles. The van der Waals surface area contributed by atoms with Crippen LogP contribution in [0.25, 0.3) is 10.8 Å². The molecule has 0 N–H and O–H groups in total. The van der Waals surface area contributed by atoms with Crippen molar-refractivity contribution < 1.29 is 4.79 Å². The summed E-state index contributed by atoms with van der Waals surface area (Å²) in [4.78, 5) is 14.4. The first kappa shape index (κ1) is 16.3. The predicted molar refractivity (Wildman–Crippen MR) is 101 cm³/mol. The Morgan fingerprint density at radius 3 is 2.46 bits per heavy atom. The van der Waals surface area contributed by atoms with Gasteiger partial charge in [0.15, 0.2) is 0 Å². The van der Waals surface area contributed by atoms with Crippen LogP contribution in [0.2, 0.25) is 0 Å². The molecule has 0 aliphatic heterocycles. The van der Waals surface area contributed by atoms with Crippen molar-refractivity contribution in [2.75, 3.05) is 13.6 Å². The molecule has 0 radical (unpaired) electrons. The lowest BCUT2D eigenvalue weighted by Crippen LogP contribution is -2.29. The first-order valence-electron chi connectivity index (χ1n) is 8.35. The molecule has 0 aliphatic carbocycles.